The van der Waals surface area contributed by atoms with Crippen LogP contribution in [-0.4, -0.2) is 36.1 Å². The topological polar surface area (TPSA) is 41.0 Å². The lowest BCUT2D eigenvalue weighted by Gasteiger charge is -2.25. The molecule has 3 rings (SSSR count). The highest BCUT2D eigenvalue weighted by Gasteiger charge is 2.41. The summed E-state index contributed by atoms with van der Waals surface area (Å²) in [5.41, 5.74) is 4.86. The van der Waals surface area contributed by atoms with Gasteiger partial charge in [0.25, 0.3) is 0 Å². The number of hydrogen-bond donors (Lipinski definition) is 1. The maximum absolute atomic E-state index is 4.57. The molecule has 2 heterocycles. The summed E-state index contributed by atoms with van der Waals surface area (Å²) in [5.74, 6) is 0. The van der Waals surface area contributed by atoms with Crippen molar-refractivity contribution in [3.05, 3.63) is 42.5 Å². The Morgan fingerprint density at radius 1 is 1.17 bits per heavy atom. The molecule has 0 spiro atoms. The molecule has 1 N–H and O–H groups in total. The van der Waals surface area contributed by atoms with E-state index in [9.17, 15) is 0 Å². The van der Waals surface area contributed by atoms with E-state index in [-0.39, 0.29) is 37.2 Å². The van der Waals surface area contributed by atoms with E-state index in [2.05, 4.69) is 47.3 Å². The molecule has 2 aromatic rings. The Hall–Kier alpha value is -1.07. The molecule has 2 aromatic heterocycles. The van der Waals surface area contributed by atoms with E-state index < -0.39 is 0 Å². The van der Waals surface area contributed by atoms with Crippen LogP contribution in [0.4, 0.5) is 5.69 Å². The molecule has 0 atom stereocenters. The summed E-state index contributed by atoms with van der Waals surface area (Å²) in [6.07, 6.45) is 8.12. The van der Waals surface area contributed by atoms with Crippen molar-refractivity contribution in [2.45, 2.75) is 25.3 Å². The fourth-order valence-corrected chi connectivity index (χ4v) is 2.74. The van der Waals surface area contributed by atoms with E-state index >= 15 is 0 Å². The Morgan fingerprint density at radius 3 is 2.33 bits per heavy atom. The van der Waals surface area contributed by atoms with Gasteiger partial charge < -0.3 is 10.2 Å². The molecule has 0 aliphatic heterocycles. The average molecular weight is 392 g/mol. The SMILES string of the molecule is CNC1(CN(C)c2cnc(C)c(-c3ccncc3)c2)CC1.Cl.Cl.Cl. The van der Waals surface area contributed by atoms with Crippen molar-refractivity contribution >= 4 is 42.9 Å². The molecule has 1 fully saturated rings. The largest absolute Gasteiger partial charge is 0.371 e. The summed E-state index contributed by atoms with van der Waals surface area (Å²) in [6, 6.07) is 6.29. The van der Waals surface area contributed by atoms with Crippen molar-refractivity contribution in [2.24, 2.45) is 0 Å². The van der Waals surface area contributed by atoms with Crippen LogP contribution in [0.15, 0.2) is 36.8 Å². The van der Waals surface area contributed by atoms with Gasteiger partial charge in [-0.05, 0) is 50.6 Å². The number of nitrogens with zero attached hydrogens (tertiary/aromatic N) is 3. The van der Waals surface area contributed by atoms with Crippen molar-refractivity contribution < 1.29 is 0 Å². The second kappa shape index (κ2) is 9.42. The van der Waals surface area contributed by atoms with Gasteiger partial charge in [-0.15, -0.1) is 37.2 Å². The van der Waals surface area contributed by atoms with Crippen LogP contribution in [0.1, 0.15) is 18.5 Å². The molecule has 24 heavy (non-hydrogen) atoms. The lowest BCUT2D eigenvalue weighted by atomic mass is 10.1. The highest BCUT2D eigenvalue weighted by Crippen LogP contribution is 2.36. The van der Waals surface area contributed by atoms with Crippen molar-refractivity contribution in [3.63, 3.8) is 0 Å². The number of nitrogens with one attached hydrogen (secondary N) is 1. The van der Waals surface area contributed by atoms with Crippen molar-refractivity contribution in [1.82, 2.24) is 15.3 Å². The van der Waals surface area contributed by atoms with Gasteiger partial charge in [0.15, 0.2) is 0 Å². The molecule has 0 bridgehead atoms. The Bertz CT molecular complexity index is 633. The van der Waals surface area contributed by atoms with Crippen molar-refractivity contribution in [2.75, 3.05) is 25.5 Å². The standard InChI is InChI=1S/C17H22N4.3ClH/c1-13-16(14-4-8-19-9-5-14)10-15(11-20-13)21(3)12-17(18-2)6-7-17;;;/h4-5,8-11,18H,6-7,12H2,1-3H3;3*1H. The van der Waals surface area contributed by atoms with Gasteiger partial charge in [0.1, 0.15) is 0 Å². The smallest absolute Gasteiger partial charge is 0.0557 e. The van der Waals surface area contributed by atoms with Gasteiger partial charge in [-0.3, -0.25) is 9.97 Å². The number of pyridine rings is 2. The highest BCUT2D eigenvalue weighted by atomic mass is 35.5. The number of rotatable bonds is 5. The zero-order chi connectivity index (χ0) is 14.9. The predicted molar refractivity (Wildman–Crippen MR) is 108 cm³/mol. The molecule has 0 saturated heterocycles. The lowest BCUT2D eigenvalue weighted by Crippen LogP contribution is -2.39. The molecule has 0 amide bonds. The molecule has 1 aliphatic rings. The number of hydrogen-bond acceptors (Lipinski definition) is 4. The molecule has 134 valence electrons. The van der Waals surface area contributed by atoms with Crippen LogP contribution < -0.4 is 10.2 Å². The van der Waals surface area contributed by atoms with Gasteiger partial charge in [-0.1, -0.05) is 0 Å². The number of likely N-dealkylation sites (N-methyl/N-ethyl adjacent to an activating group) is 2. The van der Waals surface area contributed by atoms with Crippen LogP contribution in [0.2, 0.25) is 0 Å². The summed E-state index contributed by atoms with van der Waals surface area (Å²) in [7, 11) is 4.19. The number of halogens is 3. The van der Waals surface area contributed by atoms with Crippen LogP contribution >= 0.6 is 37.2 Å². The minimum Gasteiger partial charge on any atom is -0.371 e. The van der Waals surface area contributed by atoms with E-state index in [1.807, 2.05) is 30.7 Å². The van der Waals surface area contributed by atoms with E-state index in [4.69, 9.17) is 0 Å². The lowest BCUT2D eigenvalue weighted by molar-refractivity contribution is 0.549. The monoisotopic (exact) mass is 390 g/mol. The third kappa shape index (κ3) is 4.96. The first-order valence-corrected chi connectivity index (χ1v) is 7.41. The highest BCUT2D eigenvalue weighted by molar-refractivity contribution is 5.86. The summed E-state index contributed by atoms with van der Waals surface area (Å²) >= 11 is 0. The zero-order valence-corrected chi connectivity index (χ0v) is 16.6. The first kappa shape index (κ1) is 22.9. The van der Waals surface area contributed by atoms with Gasteiger partial charge in [0.2, 0.25) is 0 Å². The molecule has 1 saturated carbocycles. The van der Waals surface area contributed by atoms with Crippen LogP contribution in [-0.2, 0) is 0 Å². The van der Waals surface area contributed by atoms with E-state index in [1.165, 1.54) is 24.0 Å². The molecule has 0 radical (unpaired) electrons. The fourth-order valence-electron chi connectivity index (χ4n) is 2.74. The molecular formula is C17H25Cl3N4. The minimum atomic E-state index is 0. The molecule has 0 aromatic carbocycles. The first-order valence-electron chi connectivity index (χ1n) is 7.41. The predicted octanol–water partition coefficient (Wildman–Crippen LogP) is 3.91. The Balaban J connectivity index is 0.00000176. The van der Waals surface area contributed by atoms with Gasteiger partial charge in [0, 0.05) is 42.8 Å². The average Bonchev–Trinajstić information content (AvgIpc) is 3.28. The number of aryl methyl sites for hydroxylation is 1. The fraction of sp³-hybridized carbons (Fsp3) is 0.412. The quantitative estimate of drug-likeness (QED) is 0.839. The van der Waals surface area contributed by atoms with Crippen LogP contribution in [0.3, 0.4) is 0 Å². The molecule has 1 aliphatic carbocycles. The first-order chi connectivity index (χ1) is 10.1. The summed E-state index contributed by atoms with van der Waals surface area (Å²) in [4.78, 5) is 10.9. The van der Waals surface area contributed by atoms with Gasteiger partial charge in [-0.25, -0.2) is 0 Å². The zero-order valence-electron chi connectivity index (χ0n) is 14.2. The Morgan fingerprint density at radius 2 is 1.79 bits per heavy atom. The maximum Gasteiger partial charge on any atom is 0.0557 e. The minimum absolute atomic E-state index is 0. The van der Waals surface area contributed by atoms with Gasteiger partial charge >= 0.3 is 0 Å². The maximum atomic E-state index is 4.57. The van der Waals surface area contributed by atoms with Gasteiger partial charge in [-0.2, -0.15) is 0 Å². The Labute approximate surface area is 162 Å². The molecule has 7 heteroatoms. The van der Waals surface area contributed by atoms with Crippen LogP contribution in [0, 0.1) is 6.92 Å². The third-order valence-electron chi connectivity index (χ3n) is 4.43. The van der Waals surface area contributed by atoms with Gasteiger partial charge in [0.05, 0.1) is 11.9 Å². The van der Waals surface area contributed by atoms with Crippen molar-refractivity contribution in [1.29, 1.82) is 0 Å². The third-order valence-corrected chi connectivity index (χ3v) is 4.43. The second-order valence-electron chi connectivity index (χ2n) is 5.95. The Kier molecular flexibility index (Phi) is 9.00. The van der Waals surface area contributed by atoms with Crippen molar-refractivity contribution in [3.8, 4) is 11.1 Å². The molecule has 0 unspecified atom stereocenters. The number of aromatic nitrogens is 2. The summed E-state index contributed by atoms with van der Waals surface area (Å²) < 4.78 is 0. The summed E-state index contributed by atoms with van der Waals surface area (Å²) in [6.45, 7) is 3.07. The molecular weight excluding hydrogens is 367 g/mol. The molecule has 4 nitrogen and oxygen atoms in total. The van der Waals surface area contributed by atoms with Crippen LogP contribution in [0.25, 0.3) is 11.1 Å². The second-order valence-corrected chi connectivity index (χ2v) is 5.95. The van der Waals surface area contributed by atoms with E-state index in [1.54, 1.807) is 0 Å². The normalized spacial score (nSPS) is 13.8. The van der Waals surface area contributed by atoms with Crippen LogP contribution in [0.5, 0.6) is 0 Å². The summed E-state index contributed by atoms with van der Waals surface area (Å²) in [5, 5.41) is 3.44. The number of anilines is 1. The van der Waals surface area contributed by atoms with E-state index in [0.29, 0.717) is 5.54 Å². The van der Waals surface area contributed by atoms with E-state index in [0.717, 1.165) is 17.9 Å².